The van der Waals surface area contributed by atoms with Crippen molar-refractivity contribution in [1.29, 1.82) is 0 Å². The van der Waals surface area contributed by atoms with Crippen LogP contribution in [0.25, 0.3) is 0 Å². The van der Waals surface area contributed by atoms with Crippen molar-refractivity contribution in [2.45, 2.75) is 38.3 Å². The molecule has 0 bridgehead atoms. The topological polar surface area (TPSA) is 55.4 Å². The first-order valence-corrected chi connectivity index (χ1v) is 8.77. The van der Waals surface area contributed by atoms with Crippen molar-refractivity contribution in [3.05, 3.63) is 70.2 Å². The van der Waals surface area contributed by atoms with Gasteiger partial charge >= 0.3 is 5.97 Å². The number of esters is 1. The lowest BCUT2D eigenvalue weighted by atomic mass is 9.87. The van der Waals surface area contributed by atoms with Gasteiger partial charge in [-0.25, -0.2) is 4.79 Å². The van der Waals surface area contributed by atoms with Crippen molar-refractivity contribution in [1.82, 2.24) is 5.32 Å². The summed E-state index contributed by atoms with van der Waals surface area (Å²) in [4.78, 5) is 24.6. The molecule has 1 aliphatic carbocycles. The first-order chi connectivity index (χ1) is 12.1. The van der Waals surface area contributed by atoms with Crippen molar-refractivity contribution >= 4 is 23.5 Å². The van der Waals surface area contributed by atoms with Crippen LogP contribution in [0.4, 0.5) is 0 Å². The van der Waals surface area contributed by atoms with Crippen LogP contribution in [-0.4, -0.2) is 18.0 Å². The van der Waals surface area contributed by atoms with E-state index < -0.39 is 12.1 Å². The zero-order valence-electron chi connectivity index (χ0n) is 14.0. The third-order valence-electron chi connectivity index (χ3n) is 4.43. The summed E-state index contributed by atoms with van der Waals surface area (Å²) in [6, 6.07) is 14.7. The highest BCUT2D eigenvalue weighted by atomic mass is 35.5. The number of ether oxygens (including phenoxy) is 1. The molecule has 1 amide bonds. The van der Waals surface area contributed by atoms with E-state index in [0.717, 1.165) is 24.8 Å². The lowest BCUT2D eigenvalue weighted by molar-refractivity contribution is -0.130. The van der Waals surface area contributed by atoms with Crippen LogP contribution in [0.3, 0.4) is 0 Å². The van der Waals surface area contributed by atoms with Crippen LogP contribution in [0, 0.1) is 0 Å². The molecule has 25 heavy (non-hydrogen) atoms. The van der Waals surface area contributed by atoms with Crippen molar-refractivity contribution in [3.8, 4) is 0 Å². The number of benzene rings is 2. The summed E-state index contributed by atoms with van der Waals surface area (Å²) in [5.74, 6) is -0.903. The average Bonchev–Trinajstić information content (AvgIpc) is 2.62. The summed E-state index contributed by atoms with van der Waals surface area (Å²) in [7, 11) is 0. The second kappa shape index (κ2) is 7.70. The predicted molar refractivity (Wildman–Crippen MR) is 96.6 cm³/mol. The number of amides is 1. The van der Waals surface area contributed by atoms with E-state index in [4.69, 9.17) is 16.3 Å². The zero-order valence-corrected chi connectivity index (χ0v) is 14.8. The summed E-state index contributed by atoms with van der Waals surface area (Å²) in [5.41, 5.74) is 2.67. The van der Waals surface area contributed by atoms with Crippen molar-refractivity contribution in [3.63, 3.8) is 0 Å². The van der Waals surface area contributed by atoms with E-state index in [2.05, 4.69) is 11.4 Å². The monoisotopic (exact) mass is 357 g/mol. The molecule has 2 aromatic carbocycles. The molecule has 0 unspecified atom stereocenters. The maximum atomic E-state index is 12.5. The molecule has 0 aromatic heterocycles. The molecule has 0 spiro atoms. The van der Waals surface area contributed by atoms with Gasteiger partial charge in [0.25, 0.3) is 5.91 Å². The molecular formula is C20H20ClNO3. The standard InChI is InChI=1S/C20H20ClNO3/c1-13(25-20(24)16-10-4-5-11-17(16)21)19(23)22-18-12-6-8-14-7-2-3-9-15(14)18/h2-5,7,9-11,13,18H,6,8,12H2,1H3,(H,22,23)/t13-,18-/m0/s1. The van der Waals surface area contributed by atoms with Gasteiger partial charge in [-0.05, 0) is 49.4 Å². The van der Waals surface area contributed by atoms with Crippen molar-refractivity contribution in [2.24, 2.45) is 0 Å². The van der Waals surface area contributed by atoms with Gasteiger partial charge in [-0.3, -0.25) is 4.79 Å². The minimum atomic E-state index is -0.891. The first-order valence-electron chi connectivity index (χ1n) is 8.40. The fourth-order valence-corrected chi connectivity index (χ4v) is 3.31. The van der Waals surface area contributed by atoms with Gasteiger partial charge in [0.15, 0.2) is 6.10 Å². The number of halogens is 1. The van der Waals surface area contributed by atoms with Gasteiger partial charge in [0.05, 0.1) is 16.6 Å². The van der Waals surface area contributed by atoms with Crippen LogP contribution in [0.2, 0.25) is 5.02 Å². The smallest absolute Gasteiger partial charge is 0.340 e. The fourth-order valence-electron chi connectivity index (χ4n) is 3.10. The Morgan fingerprint density at radius 1 is 1.16 bits per heavy atom. The number of fused-ring (bicyclic) bond motifs is 1. The Morgan fingerprint density at radius 2 is 1.88 bits per heavy atom. The fraction of sp³-hybridized carbons (Fsp3) is 0.300. The predicted octanol–water partition coefficient (Wildman–Crippen LogP) is 4.08. The van der Waals surface area contributed by atoms with Crippen LogP contribution < -0.4 is 5.32 Å². The molecule has 0 heterocycles. The van der Waals surface area contributed by atoms with E-state index in [0.29, 0.717) is 5.02 Å². The lowest BCUT2D eigenvalue weighted by Gasteiger charge is -2.27. The number of hydrogen-bond acceptors (Lipinski definition) is 3. The van der Waals surface area contributed by atoms with Crippen LogP contribution in [0.15, 0.2) is 48.5 Å². The molecule has 1 aliphatic rings. The van der Waals surface area contributed by atoms with Gasteiger partial charge in [-0.2, -0.15) is 0 Å². The molecule has 0 aliphatic heterocycles. The molecule has 1 N–H and O–H groups in total. The largest absolute Gasteiger partial charge is 0.449 e. The molecule has 0 fully saturated rings. The second-order valence-electron chi connectivity index (χ2n) is 6.18. The third-order valence-corrected chi connectivity index (χ3v) is 4.76. The number of hydrogen-bond donors (Lipinski definition) is 1. The lowest BCUT2D eigenvalue weighted by Crippen LogP contribution is -2.39. The minimum absolute atomic E-state index is 0.0427. The molecule has 5 heteroatoms. The van der Waals surface area contributed by atoms with Gasteiger partial charge in [-0.1, -0.05) is 48.0 Å². The molecule has 0 radical (unpaired) electrons. The normalized spacial score (nSPS) is 17.3. The van der Waals surface area contributed by atoms with E-state index >= 15 is 0 Å². The Labute approximate surface area is 152 Å². The molecule has 130 valence electrons. The van der Waals surface area contributed by atoms with E-state index in [9.17, 15) is 9.59 Å². The van der Waals surface area contributed by atoms with E-state index in [1.54, 1.807) is 31.2 Å². The number of nitrogens with one attached hydrogen (secondary N) is 1. The number of aryl methyl sites for hydroxylation is 1. The van der Waals surface area contributed by atoms with E-state index in [-0.39, 0.29) is 17.5 Å². The number of rotatable bonds is 4. The number of carbonyl (C=O) groups is 2. The van der Waals surface area contributed by atoms with Crippen LogP contribution >= 0.6 is 11.6 Å². The molecular weight excluding hydrogens is 338 g/mol. The van der Waals surface area contributed by atoms with Crippen LogP contribution in [0.5, 0.6) is 0 Å². The first kappa shape index (κ1) is 17.5. The molecule has 2 aromatic rings. The summed E-state index contributed by atoms with van der Waals surface area (Å²) in [5, 5.41) is 3.30. The maximum absolute atomic E-state index is 12.5. The van der Waals surface area contributed by atoms with Gasteiger partial charge in [-0.15, -0.1) is 0 Å². The molecule has 0 saturated carbocycles. The zero-order chi connectivity index (χ0) is 17.8. The summed E-state index contributed by atoms with van der Waals surface area (Å²) >= 11 is 5.99. The molecule has 3 rings (SSSR count). The van der Waals surface area contributed by atoms with Crippen LogP contribution in [0.1, 0.15) is 47.3 Å². The highest BCUT2D eigenvalue weighted by molar-refractivity contribution is 6.33. The minimum Gasteiger partial charge on any atom is -0.449 e. The summed E-state index contributed by atoms with van der Waals surface area (Å²) < 4.78 is 5.27. The van der Waals surface area contributed by atoms with Crippen molar-refractivity contribution in [2.75, 3.05) is 0 Å². The Hall–Kier alpha value is -2.33. The number of carbonyl (C=O) groups excluding carboxylic acids is 2. The highest BCUT2D eigenvalue weighted by Crippen LogP contribution is 2.29. The third kappa shape index (κ3) is 4.02. The second-order valence-corrected chi connectivity index (χ2v) is 6.59. The molecule has 0 saturated heterocycles. The summed E-state index contributed by atoms with van der Waals surface area (Å²) in [6.45, 7) is 1.57. The van der Waals surface area contributed by atoms with Crippen molar-refractivity contribution < 1.29 is 14.3 Å². The van der Waals surface area contributed by atoms with Crippen LogP contribution in [-0.2, 0) is 16.0 Å². The molecule has 2 atom stereocenters. The Balaban J connectivity index is 1.64. The van der Waals surface area contributed by atoms with E-state index in [1.807, 2.05) is 18.2 Å². The molecule has 4 nitrogen and oxygen atoms in total. The van der Waals surface area contributed by atoms with Gasteiger partial charge in [0, 0.05) is 0 Å². The summed E-state index contributed by atoms with van der Waals surface area (Å²) in [6.07, 6.45) is 2.04. The van der Waals surface area contributed by atoms with Gasteiger partial charge < -0.3 is 10.1 Å². The Bertz CT molecular complexity index is 790. The Kier molecular flexibility index (Phi) is 5.39. The van der Waals surface area contributed by atoms with E-state index in [1.165, 1.54) is 5.56 Å². The van der Waals surface area contributed by atoms with Gasteiger partial charge in [0.1, 0.15) is 0 Å². The Morgan fingerprint density at radius 3 is 2.68 bits per heavy atom. The quantitative estimate of drug-likeness (QED) is 0.839. The average molecular weight is 358 g/mol. The SMILES string of the molecule is C[C@H](OC(=O)c1ccccc1Cl)C(=O)N[C@H]1CCCc2ccccc21. The van der Waals surface area contributed by atoms with Gasteiger partial charge in [0.2, 0.25) is 0 Å². The highest BCUT2D eigenvalue weighted by Gasteiger charge is 2.26. The maximum Gasteiger partial charge on any atom is 0.340 e.